The quantitative estimate of drug-likeness (QED) is 0.330. The number of aromatic nitrogens is 1. The molecule has 7 nitrogen and oxygen atoms in total. The Labute approximate surface area is 167 Å². The van der Waals surface area contributed by atoms with Crippen molar-refractivity contribution in [3.63, 3.8) is 0 Å². The SMILES string of the molecule is CCNC(=NCC(C)(C)OC)NCCCc1cc2c(OC)cc(OC)cc2[nH]1. The molecule has 0 amide bonds. The molecule has 0 bridgehead atoms. The Morgan fingerprint density at radius 1 is 1.11 bits per heavy atom. The summed E-state index contributed by atoms with van der Waals surface area (Å²) in [5.41, 5.74) is 1.92. The lowest BCUT2D eigenvalue weighted by atomic mass is 10.1. The highest BCUT2D eigenvalue weighted by Crippen LogP contribution is 2.31. The zero-order valence-electron chi connectivity index (χ0n) is 17.9. The maximum absolute atomic E-state index is 5.48. The second-order valence-electron chi connectivity index (χ2n) is 7.27. The van der Waals surface area contributed by atoms with E-state index in [4.69, 9.17) is 14.2 Å². The van der Waals surface area contributed by atoms with Crippen molar-refractivity contribution in [1.82, 2.24) is 15.6 Å². The van der Waals surface area contributed by atoms with E-state index in [1.807, 2.05) is 26.0 Å². The summed E-state index contributed by atoms with van der Waals surface area (Å²) in [6, 6.07) is 6.04. The molecule has 0 atom stereocenters. The van der Waals surface area contributed by atoms with E-state index in [2.05, 4.69) is 33.6 Å². The van der Waals surface area contributed by atoms with Gasteiger partial charge in [-0.15, -0.1) is 0 Å². The minimum absolute atomic E-state index is 0.271. The topological polar surface area (TPSA) is 79.9 Å². The Morgan fingerprint density at radius 3 is 2.54 bits per heavy atom. The van der Waals surface area contributed by atoms with Gasteiger partial charge in [0.25, 0.3) is 0 Å². The second kappa shape index (κ2) is 10.2. The van der Waals surface area contributed by atoms with Crippen LogP contribution in [0.2, 0.25) is 0 Å². The number of aromatic amines is 1. The molecule has 0 saturated carbocycles. The minimum atomic E-state index is -0.271. The maximum Gasteiger partial charge on any atom is 0.191 e. The number of nitrogens with one attached hydrogen (secondary N) is 3. The summed E-state index contributed by atoms with van der Waals surface area (Å²) in [5, 5.41) is 7.73. The van der Waals surface area contributed by atoms with E-state index < -0.39 is 0 Å². The molecule has 156 valence electrons. The maximum atomic E-state index is 5.48. The molecule has 0 aliphatic rings. The Balaban J connectivity index is 1.93. The molecule has 0 aliphatic carbocycles. The molecule has 2 aromatic rings. The molecule has 0 aliphatic heterocycles. The number of methoxy groups -OCH3 is 3. The van der Waals surface area contributed by atoms with Crippen molar-refractivity contribution in [2.45, 2.75) is 39.2 Å². The normalized spacial score (nSPS) is 12.3. The second-order valence-corrected chi connectivity index (χ2v) is 7.27. The van der Waals surface area contributed by atoms with Crippen molar-refractivity contribution in [3.8, 4) is 11.5 Å². The molecule has 3 N–H and O–H groups in total. The fourth-order valence-corrected chi connectivity index (χ4v) is 2.82. The molecule has 28 heavy (non-hydrogen) atoms. The van der Waals surface area contributed by atoms with Crippen molar-refractivity contribution in [1.29, 1.82) is 0 Å². The average Bonchev–Trinajstić information content (AvgIpc) is 3.11. The van der Waals surface area contributed by atoms with Crippen molar-refractivity contribution < 1.29 is 14.2 Å². The number of ether oxygens (including phenoxy) is 3. The van der Waals surface area contributed by atoms with Crippen LogP contribution in [0.1, 0.15) is 32.9 Å². The molecular formula is C21H34N4O3. The Hall–Kier alpha value is -2.41. The molecule has 7 heteroatoms. The highest BCUT2D eigenvalue weighted by atomic mass is 16.5. The highest BCUT2D eigenvalue weighted by molar-refractivity contribution is 5.88. The van der Waals surface area contributed by atoms with Crippen LogP contribution in [0.4, 0.5) is 0 Å². The number of aryl methyl sites for hydroxylation is 1. The van der Waals surface area contributed by atoms with Gasteiger partial charge in [-0.2, -0.15) is 0 Å². The lowest BCUT2D eigenvalue weighted by molar-refractivity contribution is 0.0310. The molecule has 0 unspecified atom stereocenters. The third-order valence-electron chi connectivity index (χ3n) is 4.62. The summed E-state index contributed by atoms with van der Waals surface area (Å²) >= 11 is 0. The number of hydrogen-bond acceptors (Lipinski definition) is 4. The van der Waals surface area contributed by atoms with Crippen molar-refractivity contribution in [3.05, 3.63) is 23.9 Å². The van der Waals surface area contributed by atoms with E-state index in [-0.39, 0.29) is 5.60 Å². The van der Waals surface area contributed by atoms with Crippen LogP contribution in [0.3, 0.4) is 0 Å². The van der Waals surface area contributed by atoms with Crippen molar-refractivity contribution in [2.75, 3.05) is 41.0 Å². The van der Waals surface area contributed by atoms with Gasteiger partial charge in [-0.3, -0.25) is 4.99 Å². The van der Waals surface area contributed by atoms with Crippen LogP contribution in [0.25, 0.3) is 10.9 Å². The van der Waals surface area contributed by atoms with Gasteiger partial charge in [0.05, 0.1) is 31.9 Å². The minimum Gasteiger partial charge on any atom is -0.497 e. The first kappa shape index (κ1) is 21.9. The van der Waals surface area contributed by atoms with E-state index >= 15 is 0 Å². The van der Waals surface area contributed by atoms with E-state index in [1.54, 1.807) is 21.3 Å². The zero-order chi connectivity index (χ0) is 20.6. The summed E-state index contributed by atoms with van der Waals surface area (Å²) in [7, 11) is 5.05. The van der Waals surface area contributed by atoms with Gasteiger partial charge in [0.2, 0.25) is 0 Å². The van der Waals surface area contributed by atoms with E-state index in [1.165, 1.54) is 5.69 Å². The number of benzene rings is 1. The monoisotopic (exact) mass is 390 g/mol. The standard InChI is InChI=1S/C21H34N4O3/c1-7-22-20(24-14-21(2,3)28-6)23-10-8-9-15-11-17-18(25-15)12-16(26-4)13-19(17)27-5/h11-13,25H,7-10,14H2,1-6H3,(H2,22,23,24). The first-order valence-electron chi connectivity index (χ1n) is 9.73. The molecule has 1 aromatic carbocycles. The zero-order valence-corrected chi connectivity index (χ0v) is 17.9. The van der Waals surface area contributed by atoms with Crippen LogP contribution in [-0.4, -0.2) is 57.5 Å². The number of hydrogen-bond donors (Lipinski definition) is 3. The third-order valence-corrected chi connectivity index (χ3v) is 4.62. The molecule has 1 heterocycles. The Bertz CT molecular complexity index is 783. The lowest BCUT2D eigenvalue weighted by Gasteiger charge is -2.21. The predicted molar refractivity (Wildman–Crippen MR) is 115 cm³/mol. The molecule has 0 spiro atoms. The van der Waals surface area contributed by atoms with Crippen LogP contribution >= 0.6 is 0 Å². The molecule has 2 rings (SSSR count). The van der Waals surface area contributed by atoms with E-state index in [0.717, 1.165) is 54.3 Å². The Kier molecular flexibility index (Phi) is 7.99. The van der Waals surface area contributed by atoms with Gasteiger partial charge in [0, 0.05) is 43.4 Å². The van der Waals surface area contributed by atoms with Gasteiger partial charge in [-0.1, -0.05) is 0 Å². The van der Waals surface area contributed by atoms with Crippen LogP contribution < -0.4 is 20.1 Å². The number of fused-ring (bicyclic) bond motifs is 1. The van der Waals surface area contributed by atoms with Crippen LogP contribution in [-0.2, 0) is 11.2 Å². The van der Waals surface area contributed by atoms with E-state index in [9.17, 15) is 0 Å². The summed E-state index contributed by atoms with van der Waals surface area (Å²) in [6.07, 6.45) is 1.90. The van der Waals surface area contributed by atoms with Gasteiger partial charge < -0.3 is 29.8 Å². The van der Waals surface area contributed by atoms with Gasteiger partial charge in [0.15, 0.2) is 5.96 Å². The van der Waals surface area contributed by atoms with Crippen LogP contribution in [0.15, 0.2) is 23.2 Å². The van der Waals surface area contributed by atoms with Gasteiger partial charge in [-0.25, -0.2) is 0 Å². The van der Waals surface area contributed by atoms with Gasteiger partial charge in [0.1, 0.15) is 11.5 Å². The average molecular weight is 391 g/mol. The molecule has 0 radical (unpaired) electrons. The van der Waals surface area contributed by atoms with Gasteiger partial charge >= 0.3 is 0 Å². The van der Waals surface area contributed by atoms with Gasteiger partial charge in [-0.05, 0) is 39.7 Å². The summed E-state index contributed by atoms with van der Waals surface area (Å²) < 4.78 is 16.2. The summed E-state index contributed by atoms with van der Waals surface area (Å²) in [6.45, 7) is 8.36. The largest absolute Gasteiger partial charge is 0.497 e. The van der Waals surface area contributed by atoms with Crippen LogP contribution in [0, 0.1) is 0 Å². The van der Waals surface area contributed by atoms with Crippen molar-refractivity contribution >= 4 is 16.9 Å². The summed E-state index contributed by atoms with van der Waals surface area (Å²) in [4.78, 5) is 8.07. The molecule has 0 fully saturated rings. The lowest BCUT2D eigenvalue weighted by Crippen LogP contribution is -2.39. The highest BCUT2D eigenvalue weighted by Gasteiger charge is 2.15. The molecular weight excluding hydrogens is 356 g/mol. The number of H-pyrrole nitrogens is 1. The first-order valence-corrected chi connectivity index (χ1v) is 9.73. The smallest absolute Gasteiger partial charge is 0.191 e. The number of guanidine groups is 1. The summed E-state index contributed by atoms with van der Waals surface area (Å²) in [5.74, 6) is 2.41. The molecule has 1 aromatic heterocycles. The first-order chi connectivity index (χ1) is 13.4. The number of aliphatic imine (C=N–C) groups is 1. The number of nitrogens with zero attached hydrogens (tertiary/aromatic N) is 1. The fraction of sp³-hybridized carbons (Fsp3) is 0.571. The Morgan fingerprint density at radius 2 is 1.89 bits per heavy atom. The van der Waals surface area contributed by atoms with Crippen LogP contribution in [0.5, 0.6) is 11.5 Å². The fourth-order valence-electron chi connectivity index (χ4n) is 2.82. The third kappa shape index (κ3) is 6.05. The number of rotatable bonds is 10. The van der Waals surface area contributed by atoms with Crippen molar-refractivity contribution in [2.24, 2.45) is 4.99 Å². The predicted octanol–water partition coefficient (Wildman–Crippen LogP) is 3.10. The van der Waals surface area contributed by atoms with E-state index in [0.29, 0.717) is 6.54 Å². The molecule has 0 saturated heterocycles.